The summed E-state index contributed by atoms with van der Waals surface area (Å²) in [6.07, 6.45) is 1.37. The van der Waals surface area contributed by atoms with Crippen molar-refractivity contribution in [2.24, 2.45) is 7.05 Å². The Balaban J connectivity index is 0.000000466. The predicted octanol–water partition coefficient (Wildman–Crippen LogP) is 4.63. The maximum Gasteiger partial charge on any atom is 0.418 e. The van der Waals surface area contributed by atoms with Gasteiger partial charge in [0.1, 0.15) is 0 Å². The van der Waals surface area contributed by atoms with Crippen LogP contribution in [0.2, 0.25) is 0 Å². The van der Waals surface area contributed by atoms with Crippen LogP contribution in [0.3, 0.4) is 0 Å². The number of hydrogen-bond donors (Lipinski definition) is 3. The SMILES string of the molecule is Cn1c(=O)n(-c2ccc(N3CCNCC3)c(C(F)(F)F)c2)c2c3cc(-c4ccc5nccnc5c4)ccc3ncc21.O=C(O)/C=C\C(=O)O. The summed E-state index contributed by atoms with van der Waals surface area (Å²) >= 11 is 0. The van der Waals surface area contributed by atoms with Crippen LogP contribution in [0.4, 0.5) is 18.9 Å². The van der Waals surface area contributed by atoms with Gasteiger partial charge in [-0.2, -0.15) is 13.2 Å². The second kappa shape index (κ2) is 13.2. The van der Waals surface area contributed by atoms with Crippen LogP contribution in [0.15, 0.2) is 90.1 Å². The van der Waals surface area contributed by atoms with E-state index in [1.165, 1.54) is 15.2 Å². The topological polar surface area (TPSA) is 155 Å². The molecule has 0 saturated carbocycles. The van der Waals surface area contributed by atoms with Gasteiger partial charge in [-0.05, 0) is 53.6 Å². The number of pyridine rings is 1. The fourth-order valence-electron chi connectivity index (χ4n) is 5.77. The van der Waals surface area contributed by atoms with Crippen molar-refractivity contribution in [2.45, 2.75) is 6.18 Å². The van der Waals surface area contributed by atoms with Crippen molar-refractivity contribution in [1.82, 2.24) is 29.4 Å². The van der Waals surface area contributed by atoms with Gasteiger partial charge >= 0.3 is 23.8 Å². The standard InChI is InChI=1S/C30H24F3N7O.C4H4O4/c1-38-27-17-37-23-5-2-18(19-3-6-24-25(15-19)36-9-8-35-24)14-21(23)28(27)40(29(38)41)20-4-7-26(22(16-20)30(31,32)33)39-12-10-34-11-13-39;5-3(6)1-2-4(7)8/h2-9,14-17,34H,10-13H2,1H3;1-2H,(H,5,6)(H,7,8)/b;2-1-. The molecule has 1 aliphatic heterocycles. The monoisotopic (exact) mass is 671 g/mol. The molecule has 0 spiro atoms. The molecule has 7 rings (SSSR count). The zero-order valence-corrected chi connectivity index (χ0v) is 25.8. The van der Waals surface area contributed by atoms with Crippen LogP contribution >= 0.6 is 0 Å². The molecule has 1 aliphatic rings. The van der Waals surface area contributed by atoms with Crippen LogP contribution in [0.1, 0.15) is 5.56 Å². The number of benzene rings is 3. The van der Waals surface area contributed by atoms with Gasteiger partial charge < -0.3 is 20.4 Å². The van der Waals surface area contributed by atoms with Gasteiger partial charge in [-0.3, -0.25) is 24.1 Å². The maximum atomic E-state index is 14.4. The maximum absolute atomic E-state index is 14.4. The molecule has 0 radical (unpaired) electrons. The summed E-state index contributed by atoms with van der Waals surface area (Å²) in [5.41, 5.74) is 3.92. The van der Waals surface area contributed by atoms with Gasteiger partial charge in [-0.15, -0.1) is 0 Å². The lowest BCUT2D eigenvalue weighted by atomic mass is 10.0. The van der Waals surface area contributed by atoms with Crippen LogP contribution < -0.4 is 15.9 Å². The second-order valence-corrected chi connectivity index (χ2v) is 11.1. The number of rotatable bonds is 5. The van der Waals surface area contributed by atoms with Gasteiger partial charge in [0.25, 0.3) is 0 Å². The van der Waals surface area contributed by atoms with E-state index in [2.05, 4.69) is 20.3 Å². The van der Waals surface area contributed by atoms with E-state index in [1.54, 1.807) is 36.6 Å². The van der Waals surface area contributed by atoms with Gasteiger partial charge in [0.05, 0.1) is 45.0 Å². The average Bonchev–Trinajstić information content (AvgIpc) is 3.36. The Morgan fingerprint density at radius 2 is 1.47 bits per heavy atom. The minimum absolute atomic E-state index is 0.115. The molecule has 3 N–H and O–H groups in total. The normalized spacial score (nSPS) is 13.6. The fraction of sp³-hybridized carbons (Fsp3) is 0.176. The van der Waals surface area contributed by atoms with Gasteiger partial charge in [0.15, 0.2) is 0 Å². The minimum Gasteiger partial charge on any atom is -0.478 e. The van der Waals surface area contributed by atoms with Gasteiger partial charge in [0.2, 0.25) is 0 Å². The van der Waals surface area contributed by atoms with Crippen molar-refractivity contribution < 1.29 is 33.0 Å². The average molecular weight is 672 g/mol. The first-order valence-electron chi connectivity index (χ1n) is 14.9. The third-order valence-corrected chi connectivity index (χ3v) is 8.06. The van der Waals surface area contributed by atoms with Crippen molar-refractivity contribution in [2.75, 3.05) is 31.1 Å². The van der Waals surface area contributed by atoms with E-state index in [-0.39, 0.29) is 11.4 Å². The van der Waals surface area contributed by atoms with Gasteiger partial charge in [-0.25, -0.2) is 14.4 Å². The molecule has 1 saturated heterocycles. The molecule has 15 heteroatoms. The van der Waals surface area contributed by atoms with Gasteiger partial charge in [0, 0.05) is 68.8 Å². The molecule has 49 heavy (non-hydrogen) atoms. The molecular weight excluding hydrogens is 643 g/mol. The number of alkyl halides is 3. The Bertz CT molecular complexity index is 2310. The van der Waals surface area contributed by atoms with Crippen LogP contribution in [0, 0.1) is 0 Å². The zero-order chi connectivity index (χ0) is 34.9. The lowest BCUT2D eigenvalue weighted by Gasteiger charge is -2.31. The highest BCUT2D eigenvalue weighted by molar-refractivity contribution is 6.05. The molecule has 0 atom stereocenters. The highest BCUT2D eigenvalue weighted by atomic mass is 19.4. The number of aliphatic carboxylic acids is 2. The highest BCUT2D eigenvalue weighted by Gasteiger charge is 2.36. The number of hydrogen-bond acceptors (Lipinski definition) is 8. The summed E-state index contributed by atoms with van der Waals surface area (Å²) in [4.78, 5) is 47.7. The number of fused-ring (bicyclic) bond motifs is 4. The summed E-state index contributed by atoms with van der Waals surface area (Å²) in [5, 5.41) is 19.4. The van der Waals surface area contributed by atoms with Crippen LogP contribution in [-0.4, -0.2) is 72.4 Å². The number of anilines is 1. The zero-order valence-electron chi connectivity index (χ0n) is 25.8. The van der Waals surface area contributed by atoms with Gasteiger partial charge in [-0.1, -0.05) is 12.1 Å². The Labute approximate surface area is 275 Å². The number of carbonyl (C=O) groups is 2. The lowest BCUT2D eigenvalue weighted by molar-refractivity contribution is -0.137. The smallest absolute Gasteiger partial charge is 0.418 e. The van der Waals surface area contributed by atoms with Crippen molar-refractivity contribution in [3.8, 4) is 16.8 Å². The van der Waals surface area contributed by atoms with Crippen LogP contribution in [0.5, 0.6) is 0 Å². The quantitative estimate of drug-likeness (QED) is 0.221. The van der Waals surface area contributed by atoms with E-state index in [9.17, 15) is 27.6 Å². The summed E-state index contributed by atoms with van der Waals surface area (Å²) in [5.74, 6) is -2.51. The Morgan fingerprint density at radius 3 is 2.12 bits per heavy atom. The number of carboxylic acids is 2. The van der Waals surface area contributed by atoms with Crippen molar-refractivity contribution >= 4 is 50.6 Å². The summed E-state index contributed by atoms with van der Waals surface area (Å²) in [6, 6.07) is 15.6. The van der Waals surface area contributed by atoms with Crippen molar-refractivity contribution in [3.05, 3.63) is 101 Å². The molecule has 3 aromatic carbocycles. The number of piperazine rings is 1. The molecule has 6 aromatic rings. The summed E-state index contributed by atoms with van der Waals surface area (Å²) in [7, 11) is 1.60. The first-order chi connectivity index (χ1) is 23.4. The van der Waals surface area contributed by atoms with Crippen molar-refractivity contribution in [3.63, 3.8) is 0 Å². The molecule has 0 amide bonds. The van der Waals surface area contributed by atoms with E-state index in [4.69, 9.17) is 10.2 Å². The number of nitrogens with one attached hydrogen (secondary N) is 1. The van der Waals surface area contributed by atoms with E-state index < -0.39 is 29.4 Å². The first kappa shape index (κ1) is 32.8. The molecule has 4 heterocycles. The summed E-state index contributed by atoms with van der Waals surface area (Å²) < 4.78 is 45.9. The van der Waals surface area contributed by atoms with E-state index in [0.717, 1.165) is 28.2 Å². The molecule has 12 nitrogen and oxygen atoms in total. The third-order valence-electron chi connectivity index (χ3n) is 8.06. The fourth-order valence-corrected chi connectivity index (χ4v) is 5.77. The van der Waals surface area contributed by atoms with E-state index >= 15 is 0 Å². The molecule has 0 aliphatic carbocycles. The minimum atomic E-state index is -4.60. The van der Waals surface area contributed by atoms with Crippen molar-refractivity contribution in [1.29, 1.82) is 0 Å². The Morgan fingerprint density at radius 1 is 0.837 bits per heavy atom. The molecular formula is C34H28F3N7O5. The van der Waals surface area contributed by atoms with E-state index in [1.807, 2.05) is 36.4 Å². The number of aromatic nitrogens is 5. The lowest BCUT2D eigenvalue weighted by Crippen LogP contribution is -2.44. The number of nitrogens with zero attached hydrogens (tertiary/aromatic N) is 6. The molecule has 1 fully saturated rings. The second-order valence-electron chi connectivity index (χ2n) is 11.1. The number of aryl methyl sites for hydroxylation is 1. The van der Waals surface area contributed by atoms with E-state index in [0.29, 0.717) is 60.3 Å². The Hall–Kier alpha value is -6.09. The third kappa shape index (κ3) is 6.69. The summed E-state index contributed by atoms with van der Waals surface area (Å²) in [6.45, 7) is 2.14. The number of imidazole rings is 1. The molecule has 0 bridgehead atoms. The van der Waals surface area contributed by atoms with Crippen LogP contribution in [0.25, 0.3) is 49.8 Å². The van der Waals surface area contributed by atoms with Crippen LogP contribution in [-0.2, 0) is 22.8 Å². The molecule has 0 unspecified atom stereocenters. The Kier molecular flexibility index (Phi) is 8.84. The first-order valence-corrected chi connectivity index (χ1v) is 14.9. The largest absolute Gasteiger partial charge is 0.478 e. The number of carboxylic acid groups (broad SMARTS) is 2. The molecule has 250 valence electrons. The molecule has 3 aromatic heterocycles. The number of halogens is 3. The predicted molar refractivity (Wildman–Crippen MR) is 177 cm³/mol. The highest BCUT2D eigenvalue weighted by Crippen LogP contribution is 2.39.